The van der Waals surface area contributed by atoms with Crippen molar-refractivity contribution >= 4 is 44.6 Å². The van der Waals surface area contributed by atoms with Crippen molar-refractivity contribution in [3.8, 4) is 0 Å². The van der Waals surface area contributed by atoms with Gasteiger partial charge in [-0.25, -0.2) is 19.3 Å². The van der Waals surface area contributed by atoms with Gasteiger partial charge in [-0.2, -0.15) is 5.10 Å². The van der Waals surface area contributed by atoms with E-state index in [2.05, 4.69) is 51.9 Å². The van der Waals surface area contributed by atoms with Crippen LogP contribution in [0.3, 0.4) is 0 Å². The molecule has 14 heteroatoms. The number of carbonyl (C=O) groups excluding carboxylic acids is 2. The van der Waals surface area contributed by atoms with Crippen molar-refractivity contribution in [3.63, 3.8) is 0 Å². The summed E-state index contributed by atoms with van der Waals surface area (Å²) in [6, 6.07) is -1.42. The van der Waals surface area contributed by atoms with Crippen LogP contribution < -0.4 is 10.6 Å². The van der Waals surface area contributed by atoms with Crippen molar-refractivity contribution in [3.05, 3.63) is 22.8 Å². The van der Waals surface area contributed by atoms with E-state index >= 15 is 0 Å². The Kier molecular flexibility index (Phi) is 7.11. The maximum atomic E-state index is 13.8. The van der Waals surface area contributed by atoms with Gasteiger partial charge in [0.05, 0.1) is 17.2 Å². The zero-order valence-electron chi connectivity index (χ0n) is 21.9. The highest BCUT2D eigenvalue weighted by molar-refractivity contribution is 9.10. The average molecular weight is 589 g/mol. The van der Waals surface area contributed by atoms with Gasteiger partial charge in [0, 0.05) is 45.2 Å². The van der Waals surface area contributed by atoms with Crippen molar-refractivity contribution in [1.82, 2.24) is 45.0 Å². The summed E-state index contributed by atoms with van der Waals surface area (Å²) >= 11 is 3.43. The molecule has 13 nitrogen and oxygen atoms in total. The number of β-amino-alcohol motifs (C(OH)–C–C–N with tert-alkyl or cyclic N) is 1. The third-order valence-corrected chi connectivity index (χ3v) is 7.56. The molecule has 4 heterocycles. The second kappa shape index (κ2) is 10.2. The first-order chi connectivity index (χ1) is 18.0. The fourth-order valence-electron chi connectivity index (χ4n) is 4.99. The zero-order chi connectivity index (χ0) is 27.2. The molecule has 5 rings (SSSR count). The molecule has 2 aliphatic rings. The first-order valence-corrected chi connectivity index (χ1v) is 13.6. The average Bonchev–Trinajstić information content (AvgIpc) is 3.34. The number of aryl methyl sites for hydroxylation is 1. The van der Waals surface area contributed by atoms with Gasteiger partial charge >= 0.3 is 0 Å². The molecule has 38 heavy (non-hydrogen) atoms. The second-order valence-electron chi connectivity index (χ2n) is 11.1. The third-order valence-electron chi connectivity index (χ3n) is 7.00. The minimum absolute atomic E-state index is 0.0971. The number of aliphatic hydroxyl groups is 1. The number of halogens is 1. The van der Waals surface area contributed by atoms with E-state index in [1.165, 1.54) is 11.2 Å². The van der Waals surface area contributed by atoms with E-state index in [0.29, 0.717) is 35.1 Å². The van der Waals surface area contributed by atoms with Gasteiger partial charge in [0.2, 0.25) is 11.8 Å². The Balaban J connectivity index is 1.24. The number of aromatic nitrogens is 7. The van der Waals surface area contributed by atoms with Gasteiger partial charge < -0.3 is 20.6 Å². The lowest BCUT2D eigenvalue weighted by Gasteiger charge is -2.34. The van der Waals surface area contributed by atoms with E-state index in [4.69, 9.17) is 0 Å². The van der Waals surface area contributed by atoms with E-state index < -0.39 is 23.6 Å². The molecule has 3 atom stereocenters. The molecular weight excluding hydrogens is 556 g/mol. The molecule has 2 amide bonds. The lowest BCUT2D eigenvalue weighted by atomic mass is 9.85. The van der Waals surface area contributed by atoms with Crippen molar-refractivity contribution in [1.29, 1.82) is 0 Å². The predicted octanol–water partition coefficient (Wildman–Crippen LogP) is 1.37. The highest BCUT2D eigenvalue weighted by Crippen LogP contribution is 2.40. The number of nitrogens with one attached hydrogen (secondary N) is 2. The number of likely N-dealkylation sites (tertiary alicyclic amines) is 1. The molecule has 1 saturated heterocycles. The SMILES string of the molecule is Cn1nc(Br)c2c(NCCNC(=O)[C@@H]3C[C@@H](O)CN3C(=O)[C@@H](n3cc(C4CC4)nn3)C(C)(C)C)ncnc21. The lowest BCUT2D eigenvalue weighted by molar-refractivity contribution is -0.144. The quantitative estimate of drug-likeness (QED) is 0.331. The number of rotatable bonds is 8. The van der Waals surface area contributed by atoms with E-state index in [1.807, 2.05) is 27.0 Å². The van der Waals surface area contributed by atoms with Gasteiger partial charge in [-0.1, -0.05) is 26.0 Å². The molecule has 0 unspecified atom stereocenters. The van der Waals surface area contributed by atoms with E-state index in [9.17, 15) is 14.7 Å². The summed E-state index contributed by atoms with van der Waals surface area (Å²) in [7, 11) is 1.80. The summed E-state index contributed by atoms with van der Waals surface area (Å²) in [5.74, 6) is 0.461. The van der Waals surface area contributed by atoms with Gasteiger partial charge in [0.1, 0.15) is 28.8 Å². The first kappa shape index (κ1) is 26.5. The molecule has 0 bridgehead atoms. The summed E-state index contributed by atoms with van der Waals surface area (Å²) in [6.07, 6.45) is 4.89. The molecule has 204 valence electrons. The molecule has 3 aromatic heterocycles. The molecular formula is C24H33BrN10O3. The first-order valence-electron chi connectivity index (χ1n) is 12.8. The van der Waals surface area contributed by atoms with E-state index in [-0.39, 0.29) is 24.8 Å². The summed E-state index contributed by atoms with van der Waals surface area (Å²) in [5.41, 5.74) is 1.10. The largest absolute Gasteiger partial charge is 0.391 e. The number of aliphatic hydroxyl groups excluding tert-OH is 1. The molecule has 0 radical (unpaired) electrons. The molecule has 0 aromatic carbocycles. The number of nitrogens with zero attached hydrogens (tertiary/aromatic N) is 8. The molecule has 1 saturated carbocycles. The Hall–Kier alpha value is -3.13. The number of carbonyl (C=O) groups is 2. The number of amides is 2. The van der Waals surface area contributed by atoms with Crippen LogP contribution in [0.4, 0.5) is 5.82 Å². The minimum atomic E-state index is -0.775. The Morgan fingerprint density at radius 3 is 2.71 bits per heavy atom. The lowest BCUT2D eigenvalue weighted by Crippen LogP contribution is -2.50. The number of anilines is 1. The van der Waals surface area contributed by atoms with Crippen molar-refractivity contribution in [2.45, 2.75) is 64.1 Å². The molecule has 0 spiro atoms. The van der Waals surface area contributed by atoms with Gasteiger partial charge in [-0.3, -0.25) is 9.59 Å². The number of hydrogen-bond acceptors (Lipinski definition) is 9. The van der Waals surface area contributed by atoms with Gasteiger partial charge in [-0.15, -0.1) is 5.10 Å². The number of fused-ring (bicyclic) bond motifs is 1. The standard InChI is InChI=1S/C24H33BrN10O3/c1-24(2,3)18(35-11-15(30-32-35)13-5-6-13)23(38)34-10-14(36)9-16(34)22(37)27-8-7-26-20-17-19(25)31-33(4)21(17)29-12-28-20/h11-14,16,18,36H,5-10H2,1-4H3,(H,27,37)(H,26,28,29)/t14-,16+,18-/m1/s1. The van der Waals surface area contributed by atoms with E-state index in [1.54, 1.807) is 16.4 Å². The topological polar surface area (TPSA) is 156 Å². The van der Waals surface area contributed by atoms with Crippen molar-refractivity contribution in [2.75, 3.05) is 25.0 Å². The zero-order valence-corrected chi connectivity index (χ0v) is 23.5. The van der Waals surface area contributed by atoms with Crippen LogP contribution >= 0.6 is 15.9 Å². The van der Waals surface area contributed by atoms with Crippen LogP contribution in [0.15, 0.2) is 17.1 Å². The number of hydrogen-bond donors (Lipinski definition) is 3. The summed E-state index contributed by atoms with van der Waals surface area (Å²) in [4.78, 5) is 37.0. The maximum absolute atomic E-state index is 13.8. The summed E-state index contributed by atoms with van der Waals surface area (Å²) < 4.78 is 3.90. The molecule has 2 fully saturated rings. The molecule has 1 aliphatic carbocycles. The highest BCUT2D eigenvalue weighted by atomic mass is 79.9. The third kappa shape index (κ3) is 5.23. The van der Waals surface area contributed by atoms with Crippen molar-refractivity contribution in [2.24, 2.45) is 12.5 Å². The van der Waals surface area contributed by atoms with Gasteiger partial charge in [-0.05, 0) is 34.2 Å². The maximum Gasteiger partial charge on any atom is 0.248 e. The minimum Gasteiger partial charge on any atom is -0.391 e. The molecule has 3 N–H and O–H groups in total. The van der Waals surface area contributed by atoms with Gasteiger partial charge in [0.25, 0.3) is 0 Å². The fraction of sp³-hybridized carbons (Fsp3) is 0.625. The van der Waals surface area contributed by atoms with Crippen LogP contribution in [0, 0.1) is 5.41 Å². The van der Waals surface area contributed by atoms with E-state index in [0.717, 1.165) is 23.9 Å². The Morgan fingerprint density at radius 1 is 1.24 bits per heavy atom. The smallest absolute Gasteiger partial charge is 0.248 e. The van der Waals surface area contributed by atoms with Crippen LogP contribution in [0.25, 0.3) is 11.0 Å². The summed E-state index contributed by atoms with van der Waals surface area (Å²) in [6.45, 7) is 6.69. The van der Waals surface area contributed by atoms with Crippen molar-refractivity contribution < 1.29 is 14.7 Å². The molecule has 1 aliphatic heterocycles. The van der Waals surface area contributed by atoms with Gasteiger partial charge in [0.15, 0.2) is 5.65 Å². The normalized spacial score (nSPS) is 20.6. The summed E-state index contributed by atoms with van der Waals surface area (Å²) in [5, 5.41) is 30.1. The van der Waals surface area contributed by atoms with Crippen LogP contribution in [-0.4, -0.2) is 88.3 Å². The van der Waals surface area contributed by atoms with Crippen LogP contribution in [0.1, 0.15) is 57.7 Å². The monoisotopic (exact) mass is 588 g/mol. The van der Waals surface area contributed by atoms with Crippen LogP contribution in [0.5, 0.6) is 0 Å². The second-order valence-corrected chi connectivity index (χ2v) is 11.9. The van der Waals surface area contributed by atoms with Crippen LogP contribution in [-0.2, 0) is 16.6 Å². The highest BCUT2D eigenvalue weighted by Gasteiger charge is 2.45. The predicted molar refractivity (Wildman–Crippen MR) is 142 cm³/mol. The van der Waals surface area contributed by atoms with Crippen LogP contribution in [0.2, 0.25) is 0 Å². The Morgan fingerprint density at radius 2 is 2.00 bits per heavy atom. The fourth-order valence-corrected chi connectivity index (χ4v) is 5.59. The Bertz CT molecular complexity index is 1340. The Labute approximate surface area is 228 Å². The molecule has 3 aromatic rings.